The Kier molecular flexibility index (Phi) is 62.8. The summed E-state index contributed by atoms with van der Waals surface area (Å²) < 4.78 is 16.9. The Morgan fingerprint density at radius 2 is 0.494 bits per heavy atom. The van der Waals surface area contributed by atoms with Crippen molar-refractivity contribution in [3.8, 4) is 0 Å². The second kappa shape index (κ2) is 66.3. The van der Waals surface area contributed by atoms with Gasteiger partial charge in [-0.25, -0.2) is 0 Å². The van der Waals surface area contributed by atoms with Crippen LogP contribution in [0.3, 0.4) is 0 Å². The maximum Gasteiger partial charge on any atom is 0.306 e. The van der Waals surface area contributed by atoms with Gasteiger partial charge in [-0.1, -0.05) is 290 Å². The van der Waals surface area contributed by atoms with Crippen LogP contribution in [0.4, 0.5) is 0 Å². The molecule has 0 saturated heterocycles. The smallest absolute Gasteiger partial charge is 0.306 e. The third-order valence-electron chi connectivity index (χ3n) is 14.0. The van der Waals surface area contributed by atoms with Gasteiger partial charge in [0.05, 0.1) is 0 Å². The number of ether oxygens (including phenoxy) is 3. The molecule has 0 aromatic rings. The molecular formula is C73H122O6. The molecule has 6 nitrogen and oxygen atoms in total. The molecule has 0 radical (unpaired) electrons. The molecule has 0 aliphatic rings. The number of carbonyl (C=O) groups is 3. The molecule has 0 aromatic heterocycles. The van der Waals surface area contributed by atoms with Crippen LogP contribution in [0.1, 0.15) is 303 Å². The van der Waals surface area contributed by atoms with Gasteiger partial charge in [0.1, 0.15) is 13.2 Å². The summed E-state index contributed by atoms with van der Waals surface area (Å²) in [6.45, 7) is 6.50. The molecule has 0 aliphatic heterocycles. The first-order chi connectivity index (χ1) is 39.0. The molecule has 6 heteroatoms. The SMILES string of the molecule is CC/C=C\C/C=C\C/C=C\C/C=C\C/C=C\C/C=C\C/C=C\C/C=C\CCCCCCCCC(=O)OCC(COC(=O)CCCCCCCCCCCCCCCC)OC(=O)CCCCCCC/C=C\C/C=C\CCCCCC. The quantitative estimate of drug-likeness (QED) is 0.0261. The predicted molar refractivity (Wildman–Crippen MR) is 343 cm³/mol. The van der Waals surface area contributed by atoms with Crippen molar-refractivity contribution < 1.29 is 28.6 Å². The molecule has 1 unspecified atom stereocenters. The second-order valence-corrected chi connectivity index (χ2v) is 21.6. The number of allylic oxidation sites excluding steroid dienone is 20. The molecule has 0 bridgehead atoms. The first-order valence-corrected chi connectivity index (χ1v) is 33.0. The number of rotatable bonds is 59. The Hall–Kier alpha value is -4.19. The zero-order chi connectivity index (χ0) is 57.1. The van der Waals surface area contributed by atoms with Crippen LogP contribution in [0.15, 0.2) is 122 Å². The van der Waals surface area contributed by atoms with E-state index in [9.17, 15) is 14.4 Å². The van der Waals surface area contributed by atoms with Gasteiger partial charge in [-0.3, -0.25) is 14.4 Å². The maximum absolute atomic E-state index is 12.9. The monoisotopic (exact) mass is 1090 g/mol. The molecule has 0 N–H and O–H groups in total. The molecule has 0 aliphatic carbocycles. The minimum atomic E-state index is -0.794. The number of esters is 3. The van der Waals surface area contributed by atoms with Crippen molar-refractivity contribution in [1.29, 1.82) is 0 Å². The summed E-state index contributed by atoms with van der Waals surface area (Å²) in [5.74, 6) is -0.909. The molecule has 0 amide bonds. The van der Waals surface area contributed by atoms with Crippen LogP contribution in [0, 0.1) is 0 Å². The van der Waals surface area contributed by atoms with Crippen LogP contribution in [0.25, 0.3) is 0 Å². The lowest BCUT2D eigenvalue weighted by atomic mass is 10.0. The van der Waals surface area contributed by atoms with Gasteiger partial charge in [0.2, 0.25) is 0 Å². The van der Waals surface area contributed by atoms with Gasteiger partial charge in [0, 0.05) is 19.3 Å². The molecule has 0 spiro atoms. The van der Waals surface area contributed by atoms with Crippen molar-refractivity contribution in [3.05, 3.63) is 122 Å². The van der Waals surface area contributed by atoms with E-state index >= 15 is 0 Å². The van der Waals surface area contributed by atoms with Crippen molar-refractivity contribution in [2.75, 3.05) is 13.2 Å². The third kappa shape index (κ3) is 64.5. The summed E-state index contributed by atoms with van der Waals surface area (Å²) in [6, 6.07) is 0. The average Bonchev–Trinajstić information content (AvgIpc) is 3.45. The van der Waals surface area contributed by atoms with Crippen molar-refractivity contribution in [2.45, 2.75) is 309 Å². The van der Waals surface area contributed by atoms with Gasteiger partial charge in [0.25, 0.3) is 0 Å². The molecule has 79 heavy (non-hydrogen) atoms. The van der Waals surface area contributed by atoms with Gasteiger partial charge in [-0.05, 0) is 116 Å². The van der Waals surface area contributed by atoms with E-state index in [2.05, 4.69) is 142 Å². The lowest BCUT2D eigenvalue weighted by Crippen LogP contribution is -2.30. The minimum absolute atomic E-state index is 0.0876. The summed E-state index contributed by atoms with van der Waals surface area (Å²) in [5.41, 5.74) is 0. The normalized spacial score (nSPS) is 12.9. The van der Waals surface area contributed by atoms with Gasteiger partial charge in [-0.2, -0.15) is 0 Å². The number of hydrogen-bond acceptors (Lipinski definition) is 6. The van der Waals surface area contributed by atoms with Gasteiger partial charge in [0.15, 0.2) is 6.10 Å². The fourth-order valence-corrected chi connectivity index (χ4v) is 9.02. The van der Waals surface area contributed by atoms with Crippen LogP contribution in [0.5, 0.6) is 0 Å². The van der Waals surface area contributed by atoms with E-state index in [0.29, 0.717) is 19.3 Å². The van der Waals surface area contributed by atoms with E-state index in [1.54, 1.807) is 0 Å². The highest BCUT2D eigenvalue weighted by molar-refractivity contribution is 5.71. The molecule has 0 fully saturated rings. The van der Waals surface area contributed by atoms with Crippen molar-refractivity contribution in [2.24, 2.45) is 0 Å². The van der Waals surface area contributed by atoms with Crippen LogP contribution in [-0.4, -0.2) is 37.2 Å². The molecule has 0 saturated carbocycles. The molecule has 0 aromatic carbocycles. The second-order valence-electron chi connectivity index (χ2n) is 21.6. The van der Waals surface area contributed by atoms with Gasteiger partial charge >= 0.3 is 17.9 Å². The summed E-state index contributed by atoms with van der Waals surface area (Å²) >= 11 is 0. The molecule has 0 rings (SSSR count). The van der Waals surface area contributed by atoms with Gasteiger partial charge < -0.3 is 14.2 Å². The fraction of sp³-hybridized carbons (Fsp3) is 0.685. The number of carbonyl (C=O) groups excluding carboxylic acids is 3. The Balaban J connectivity index is 4.34. The number of hydrogen-bond donors (Lipinski definition) is 0. The maximum atomic E-state index is 12.9. The van der Waals surface area contributed by atoms with Crippen molar-refractivity contribution in [3.63, 3.8) is 0 Å². The first kappa shape index (κ1) is 74.8. The predicted octanol–water partition coefficient (Wildman–Crippen LogP) is 22.8. The first-order valence-electron chi connectivity index (χ1n) is 33.0. The summed E-state index contributed by atoms with van der Waals surface area (Å²) in [5, 5.41) is 0. The zero-order valence-corrected chi connectivity index (χ0v) is 51.6. The van der Waals surface area contributed by atoms with Gasteiger partial charge in [-0.15, -0.1) is 0 Å². The third-order valence-corrected chi connectivity index (χ3v) is 14.0. The highest BCUT2D eigenvalue weighted by atomic mass is 16.6. The van der Waals surface area contributed by atoms with E-state index in [-0.39, 0.29) is 31.1 Å². The van der Waals surface area contributed by atoms with E-state index < -0.39 is 6.10 Å². The highest BCUT2D eigenvalue weighted by Crippen LogP contribution is 2.16. The van der Waals surface area contributed by atoms with Crippen LogP contribution < -0.4 is 0 Å². The van der Waals surface area contributed by atoms with E-state index in [4.69, 9.17) is 14.2 Å². The topological polar surface area (TPSA) is 78.9 Å². The summed E-state index contributed by atoms with van der Waals surface area (Å²) in [6.07, 6.45) is 92.0. The Bertz CT molecular complexity index is 1640. The lowest BCUT2D eigenvalue weighted by Gasteiger charge is -2.18. The Morgan fingerprint density at radius 3 is 0.785 bits per heavy atom. The molecular weight excluding hydrogens is 973 g/mol. The molecule has 1 atom stereocenters. The standard InChI is InChI=1S/C73H122O6/c1-4-7-10-13-16-19-22-25-28-30-31-32-33-34-35-36-37-38-39-40-41-42-43-44-46-48-51-54-57-60-63-66-72(75)78-69-70(68-77-71(74)65-62-59-56-53-50-47-27-24-21-18-15-12-9-6-3)79-73(76)67-64-61-58-55-52-49-45-29-26-23-20-17-14-11-8-5-2/h7,10,16,19-20,23,25,28-29,31-32,34-35,37-38,40-41,43-45,70H,4-6,8-9,11-15,17-18,21-22,24,26-27,30,33,36,39,42,46-69H2,1-3H3/b10-7-,19-16-,23-20-,28-25-,32-31-,35-34-,38-37-,41-40-,44-43-,45-29-. The largest absolute Gasteiger partial charge is 0.462 e. The van der Waals surface area contributed by atoms with E-state index in [0.717, 1.165) is 148 Å². The Labute approximate surface area is 488 Å². The minimum Gasteiger partial charge on any atom is -0.462 e. The summed E-state index contributed by atoms with van der Waals surface area (Å²) in [4.78, 5) is 38.3. The van der Waals surface area contributed by atoms with Crippen LogP contribution in [-0.2, 0) is 28.6 Å². The Morgan fingerprint density at radius 1 is 0.266 bits per heavy atom. The fourth-order valence-electron chi connectivity index (χ4n) is 9.02. The lowest BCUT2D eigenvalue weighted by molar-refractivity contribution is -0.167. The molecule has 450 valence electrons. The van der Waals surface area contributed by atoms with E-state index in [1.165, 1.54) is 116 Å². The zero-order valence-electron chi connectivity index (χ0n) is 51.6. The highest BCUT2D eigenvalue weighted by Gasteiger charge is 2.19. The van der Waals surface area contributed by atoms with Crippen molar-refractivity contribution in [1.82, 2.24) is 0 Å². The number of unbranched alkanes of at least 4 members (excludes halogenated alkanes) is 28. The van der Waals surface area contributed by atoms with Crippen LogP contribution in [0.2, 0.25) is 0 Å². The molecule has 0 heterocycles. The van der Waals surface area contributed by atoms with Crippen molar-refractivity contribution >= 4 is 17.9 Å². The average molecular weight is 1100 g/mol. The summed E-state index contributed by atoms with van der Waals surface area (Å²) in [7, 11) is 0. The van der Waals surface area contributed by atoms with Crippen LogP contribution >= 0.6 is 0 Å². The van der Waals surface area contributed by atoms with E-state index in [1.807, 2.05) is 0 Å².